The molecule has 4 rings (SSSR count). The molecule has 0 saturated heterocycles. The molecule has 0 spiro atoms. The number of aromatic amines is 1. The van der Waals surface area contributed by atoms with E-state index in [-0.39, 0.29) is 0 Å². The fraction of sp³-hybridized carbons (Fsp3) is 0.200. The van der Waals surface area contributed by atoms with Gasteiger partial charge in [-0.25, -0.2) is 4.98 Å². The molecular weight excluding hydrogens is 358 g/mol. The van der Waals surface area contributed by atoms with Crippen LogP contribution in [0.1, 0.15) is 24.2 Å². The zero-order valence-corrected chi connectivity index (χ0v) is 16.4. The van der Waals surface area contributed by atoms with Gasteiger partial charge < -0.3 is 9.72 Å². The highest BCUT2D eigenvalue weighted by atomic mass is 16.5. The summed E-state index contributed by atoms with van der Waals surface area (Å²) in [6, 6.07) is 24.7. The Labute approximate surface area is 171 Å². The fourth-order valence-corrected chi connectivity index (χ4v) is 3.33. The van der Waals surface area contributed by atoms with Gasteiger partial charge in [0.25, 0.3) is 0 Å². The minimum absolute atomic E-state index is 0.616. The molecule has 0 atom stereocenters. The van der Waals surface area contributed by atoms with E-state index in [1.807, 2.05) is 30.5 Å². The van der Waals surface area contributed by atoms with Crippen molar-refractivity contribution in [2.24, 2.45) is 0 Å². The van der Waals surface area contributed by atoms with Gasteiger partial charge in [-0.3, -0.25) is 4.98 Å². The Morgan fingerprint density at radius 3 is 2.28 bits per heavy atom. The maximum atomic E-state index is 5.75. The highest BCUT2D eigenvalue weighted by Crippen LogP contribution is 2.30. The minimum Gasteiger partial charge on any atom is -0.377 e. The van der Waals surface area contributed by atoms with Crippen LogP contribution in [0.3, 0.4) is 0 Å². The third-order valence-corrected chi connectivity index (χ3v) is 4.81. The molecule has 2 aromatic carbocycles. The molecule has 146 valence electrons. The van der Waals surface area contributed by atoms with Gasteiger partial charge in [0.15, 0.2) is 0 Å². The van der Waals surface area contributed by atoms with Crippen molar-refractivity contribution in [1.29, 1.82) is 0 Å². The van der Waals surface area contributed by atoms with Crippen LogP contribution in [0.5, 0.6) is 0 Å². The topological polar surface area (TPSA) is 50.8 Å². The Balaban J connectivity index is 1.37. The molecule has 4 nitrogen and oxygen atoms in total. The van der Waals surface area contributed by atoms with Crippen LogP contribution < -0.4 is 0 Å². The quantitative estimate of drug-likeness (QED) is 0.378. The Morgan fingerprint density at radius 1 is 0.793 bits per heavy atom. The normalized spacial score (nSPS) is 10.9. The van der Waals surface area contributed by atoms with Crippen LogP contribution in [-0.4, -0.2) is 21.6 Å². The van der Waals surface area contributed by atoms with Crippen molar-refractivity contribution in [2.75, 3.05) is 6.61 Å². The second-order valence-electron chi connectivity index (χ2n) is 7.01. The number of nitrogens with one attached hydrogen (secondary N) is 1. The lowest BCUT2D eigenvalue weighted by atomic mass is 10.1. The first-order valence-electron chi connectivity index (χ1n) is 10.1. The predicted octanol–water partition coefficient (Wildman–Crippen LogP) is 5.68. The first-order valence-corrected chi connectivity index (χ1v) is 10.1. The summed E-state index contributed by atoms with van der Waals surface area (Å²) in [7, 11) is 0. The molecule has 2 heterocycles. The van der Waals surface area contributed by atoms with Crippen molar-refractivity contribution in [3.8, 4) is 22.5 Å². The zero-order valence-electron chi connectivity index (χ0n) is 16.4. The first kappa shape index (κ1) is 19.1. The van der Waals surface area contributed by atoms with E-state index < -0.39 is 0 Å². The number of aryl methyl sites for hydroxylation is 1. The van der Waals surface area contributed by atoms with Crippen LogP contribution >= 0.6 is 0 Å². The number of hydrogen-bond donors (Lipinski definition) is 1. The SMILES string of the molecule is c1ccc(-c2nc(CCCCOCc3cccnc3)[nH]c2-c2ccccc2)cc1. The van der Waals surface area contributed by atoms with Crippen LogP contribution in [0.15, 0.2) is 85.2 Å². The van der Waals surface area contributed by atoms with Gasteiger partial charge in [-0.2, -0.15) is 0 Å². The second kappa shape index (κ2) is 9.80. The molecule has 0 aliphatic heterocycles. The number of aromatic nitrogens is 3. The van der Waals surface area contributed by atoms with Crippen LogP contribution in [0, 0.1) is 0 Å². The molecule has 0 fully saturated rings. The lowest BCUT2D eigenvalue weighted by molar-refractivity contribution is 0.117. The summed E-state index contributed by atoms with van der Waals surface area (Å²) in [6.45, 7) is 1.36. The van der Waals surface area contributed by atoms with Crippen molar-refractivity contribution >= 4 is 0 Å². The number of ether oxygens (including phenoxy) is 1. The van der Waals surface area contributed by atoms with E-state index in [0.29, 0.717) is 6.61 Å². The lowest BCUT2D eigenvalue weighted by Gasteiger charge is -2.03. The van der Waals surface area contributed by atoms with Crippen LogP contribution in [0.25, 0.3) is 22.5 Å². The van der Waals surface area contributed by atoms with E-state index >= 15 is 0 Å². The summed E-state index contributed by atoms with van der Waals surface area (Å²) in [6.07, 6.45) is 6.56. The first-order chi connectivity index (χ1) is 14.4. The van der Waals surface area contributed by atoms with Crippen molar-refractivity contribution in [2.45, 2.75) is 25.9 Å². The summed E-state index contributed by atoms with van der Waals surface area (Å²) in [5.74, 6) is 1.02. The molecular formula is C25H25N3O. The molecule has 0 aliphatic carbocycles. The number of nitrogens with zero attached hydrogens (tertiary/aromatic N) is 2. The van der Waals surface area contributed by atoms with Gasteiger partial charge >= 0.3 is 0 Å². The number of hydrogen-bond acceptors (Lipinski definition) is 3. The molecule has 0 amide bonds. The third-order valence-electron chi connectivity index (χ3n) is 4.81. The zero-order chi connectivity index (χ0) is 19.7. The van der Waals surface area contributed by atoms with Crippen LogP contribution in [0.4, 0.5) is 0 Å². The van der Waals surface area contributed by atoms with Gasteiger partial charge in [0.1, 0.15) is 5.82 Å². The van der Waals surface area contributed by atoms with Crippen LogP contribution in [0.2, 0.25) is 0 Å². The maximum Gasteiger partial charge on any atom is 0.107 e. The largest absolute Gasteiger partial charge is 0.377 e. The molecule has 2 aromatic heterocycles. The number of unbranched alkanes of at least 4 members (excludes halogenated alkanes) is 1. The maximum absolute atomic E-state index is 5.75. The summed E-state index contributed by atoms with van der Waals surface area (Å²) < 4.78 is 5.75. The lowest BCUT2D eigenvalue weighted by Crippen LogP contribution is -1.97. The molecule has 0 bridgehead atoms. The van der Waals surface area contributed by atoms with E-state index in [1.54, 1.807) is 6.20 Å². The molecule has 4 aromatic rings. The minimum atomic E-state index is 0.616. The molecule has 0 aliphatic rings. The van der Waals surface area contributed by atoms with Gasteiger partial charge in [0, 0.05) is 36.5 Å². The second-order valence-corrected chi connectivity index (χ2v) is 7.01. The molecule has 1 N–H and O–H groups in total. The number of H-pyrrole nitrogens is 1. The molecule has 0 saturated carbocycles. The van der Waals surface area contributed by atoms with Gasteiger partial charge in [0.05, 0.1) is 18.0 Å². The van der Waals surface area contributed by atoms with E-state index in [1.165, 1.54) is 0 Å². The van der Waals surface area contributed by atoms with Crippen LogP contribution in [-0.2, 0) is 17.8 Å². The Morgan fingerprint density at radius 2 is 1.55 bits per heavy atom. The predicted molar refractivity (Wildman–Crippen MR) is 116 cm³/mol. The van der Waals surface area contributed by atoms with Crippen molar-refractivity contribution in [3.63, 3.8) is 0 Å². The summed E-state index contributed by atoms with van der Waals surface area (Å²) in [4.78, 5) is 12.6. The molecule has 0 unspecified atom stereocenters. The Kier molecular flexibility index (Phi) is 6.45. The standard InChI is InChI=1S/C25H25N3O/c1-3-11-21(12-4-1)24-25(22-13-5-2-6-14-22)28-23(27-24)15-7-8-17-29-19-20-10-9-16-26-18-20/h1-6,9-14,16,18H,7-8,15,17,19H2,(H,27,28). The highest BCUT2D eigenvalue weighted by molar-refractivity contribution is 5.78. The molecule has 29 heavy (non-hydrogen) atoms. The number of benzene rings is 2. The summed E-state index contributed by atoms with van der Waals surface area (Å²) >= 11 is 0. The van der Waals surface area contributed by atoms with Crippen molar-refractivity contribution in [3.05, 3.63) is 96.6 Å². The number of pyridine rings is 1. The Hall–Kier alpha value is -3.24. The monoisotopic (exact) mass is 383 g/mol. The van der Waals surface area contributed by atoms with Gasteiger partial charge in [-0.1, -0.05) is 66.7 Å². The summed E-state index contributed by atoms with van der Waals surface area (Å²) in [5.41, 5.74) is 5.50. The van der Waals surface area contributed by atoms with Crippen molar-refractivity contribution < 1.29 is 4.74 Å². The van der Waals surface area contributed by atoms with Gasteiger partial charge in [-0.05, 0) is 24.5 Å². The number of rotatable bonds is 9. The van der Waals surface area contributed by atoms with E-state index in [4.69, 9.17) is 9.72 Å². The van der Waals surface area contributed by atoms with Crippen molar-refractivity contribution in [1.82, 2.24) is 15.0 Å². The summed E-state index contributed by atoms with van der Waals surface area (Å²) in [5, 5.41) is 0. The Bertz CT molecular complexity index is 941. The molecule has 4 heteroatoms. The van der Waals surface area contributed by atoms with E-state index in [9.17, 15) is 0 Å². The van der Waals surface area contributed by atoms with E-state index in [0.717, 1.165) is 59.8 Å². The smallest absolute Gasteiger partial charge is 0.107 e. The average Bonchev–Trinajstić information content (AvgIpc) is 3.22. The highest BCUT2D eigenvalue weighted by Gasteiger charge is 2.13. The number of imidazole rings is 1. The van der Waals surface area contributed by atoms with Gasteiger partial charge in [0.2, 0.25) is 0 Å². The van der Waals surface area contributed by atoms with Gasteiger partial charge in [-0.15, -0.1) is 0 Å². The molecule has 0 radical (unpaired) electrons. The van der Waals surface area contributed by atoms with E-state index in [2.05, 4.69) is 58.5 Å². The fourth-order valence-electron chi connectivity index (χ4n) is 3.33. The third kappa shape index (κ3) is 5.18. The average molecular weight is 383 g/mol.